The topological polar surface area (TPSA) is 45.6 Å². The summed E-state index contributed by atoms with van der Waals surface area (Å²) < 4.78 is 32.1. The van der Waals surface area contributed by atoms with Crippen molar-refractivity contribution in [2.45, 2.75) is 46.3 Å². The van der Waals surface area contributed by atoms with Crippen LogP contribution in [0.15, 0.2) is 23.2 Å². The third kappa shape index (κ3) is 8.31. The number of aliphatic imine (C=N–C) groups is 1. The number of nitrogens with one attached hydrogen (secondary N) is 2. The van der Waals surface area contributed by atoms with Gasteiger partial charge in [0.1, 0.15) is 0 Å². The fourth-order valence-electron chi connectivity index (χ4n) is 2.42. The van der Waals surface area contributed by atoms with Gasteiger partial charge in [0.15, 0.2) is 17.6 Å². The van der Waals surface area contributed by atoms with E-state index in [-0.39, 0.29) is 36.1 Å². The summed E-state index contributed by atoms with van der Waals surface area (Å²) in [7, 11) is 1.68. The van der Waals surface area contributed by atoms with E-state index < -0.39 is 11.6 Å². The lowest BCUT2D eigenvalue weighted by Gasteiger charge is -2.22. The predicted molar refractivity (Wildman–Crippen MR) is 110 cm³/mol. The second-order valence-electron chi connectivity index (χ2n) is 6.07. The number of ether oxygens (including phenoxy) is 1. The Kier molecular flexibility index (Phi) is 11.9. The SMILES string of the molecule is CCOC(CCNC(=NC)NC(C)c1ccc(F)c(F)c1)C(C)C.I. The van der Waals surface area contributed by atoms with Gasteiger partial charge in [0, 0.05) is 20.2 Å². The number of halogens is 3. The highest BCUT2D eigenvalue weighted by atomic mass is 127. The van der Waals surface area contributed by atoms with E-state index in [1.807, 2.05) is 13.8 Å². The first kappa shape index (κ1) is 24.0. The fourth-order valence-corrected chi connectivity index (χ4v) is 2.42. The molecule has 2 unspecified atom stereocenters. The minimum atomic E-state index is -0.847. The second kappa shape index (κ2) is 12.4. The highest BCUT2D eigenvalue weighted by Gasteiger charge is 2.14. The molecule has 0 aliphatic rings. The molecule has 7 heteroatoms. The van der Waals surface area contributed by atoms with Gasteiger partial charge in [-0.1, -0.05) is 19.9 Å². The van der Waals surface area contributed by atoms with E-state index >= 15 is 0 Å². The lowest BCUT2D eigenvalue weighted by molar-refractivity contribution is 0.0258. The zero-order valence-electron chi connectivity index (χ0n) is 15.6. The maximum atomic E-state index is 13.3. The molecule has 2 atom stereocenters. The van der Waals surface area contributed by atoms with Crippen LogP contribution in [0.3, 0.4) is 0 Å². The van der Waals surface area contributed by atoms with Gasteiger partial charge in [-0.15, -0.1) is 24.0 Å². The van der Waals surface area contributed by atoms with Crippen LogP contribution >= 0.6 is 24.0 Å². The van der Waals surface area contributed by atoms with Crippen molar-refractivity contribution in [3.8, 4) is 0 Å². The van der Waals surface area contributed by atoms with Crippen molar-refractivity contribution in [1.82, 2.24) is 10.6 Å². The zero-order chi connectivity index (χ0) is 18.1. The quantitative estimate of drug-likeness (QED) is 0.340. The summed E-state index contributed by atoms with van der Waals surface area (Å²) in [5.41, 5.74) is 0.659. The number of nitrogens with zero attached hydrogens (tertiary/aromatic N) is 1. The molecule has 0 bridgehead atoms. The first-order valence-corrected chi connectivity index (χ1v) is 8.42. The van der Waals surface area contributed by atoms with E-state index in [9.17, 15) is 8.78 Å². The Morgan fingerprint density at radius 2 is 1.88 bits per heavy atom. The molecular weight excluding hydrogens is 439 g/mol. The van der Waals surface area contributed by atoms with Gasteiger partial charge >= 0.3 is 0 Å². The first-order valence-electron chi connectivity index (χ1n) is 8.42. The molecule has 1 aromatic carbocycles. The van der Waals surface area contributed by atoms with Crippen molar-refractivity contribution < 1.29 is 13.5 Å². The van der Waals surface area contributed by atoms with E-state index in [2.05, 4.69) is 29.5 Å². The molecule has 25 heavy (non-hydrogen) atoms. The molecule has 0 aromatic heterocycles. The average Bonchev–Trinajstić information content (AvgIpc) is 2.55. The summed E-state index contributed by atoms with van der Waals surface area (Å²) in [6.07, 6.45) is 1.07. The lowest BCUT2D eigenvalue weighted by atomic mass is 10.0. The van der Waals surface area contributed by atoms with Gasteiger partial charge in [-0.05, 0) is 43.9 Å². The maximum absolute atomic E-state index is 13.3. The first-order chi connectivity index (χ1) is 11.4. The Bertz CT molecular complexity index is 541. The van der Waals surface area contributed by atoms with E-state index in [1.54, 1.807) is 13.1 Å². The Hall–Kier alpha value is -0.960. The van der Waals surface area contributed by atoms with Crippen molar-refractivity contribution in [2.24, 2.45) is 10.9 Å². The molecule has 0 saturated heterocycles. The molecule has 0 saturated carbocycles. The van der Waals surface area contributed by atoms with E-state index in [1.165, 1.54) is 6.07 Å². The van der Waals surface area contributed by atoms with Crippen LogP contribution in [0.5, 0.6) is 0 Å². The molecule has 0 amide bonds. The van der Waals surface area contributed by atoms with Crippen LogP contribution in [0.25, 0.3) is 0 Å². The number of guanidine groups is 1. The molecule has 0 aliphatic heterocycles. The van der Waals surface area contributed by atoms with Gasteiger partial charge in [0.2, 0.25) is 0 Å². The lowest BCUT2D eigenvalue weighted by Crippen LogP contribution is -2.40. The molecule has 2 N–H and O–H groups in total. The molecule has 4 nitrogen and oxygen atoms in total. The standard InChI is InChI=1S/C18H29F2N3O.HI/c1-6-24-17(12(2)3)9-10-22-18(21-5)23-13(4)14-7-8-15(19)16(20)11-14;/h7-8,11-13,17H,6,9-10H2,1-5H3,(H2,21,22,23);1H. The minimum Gasteiger partial charge on any atom is -0.378 e. The molecule has 0 heterocycles. The van der Waals surface area contributed by atoms with Crippen molar-refractivity contribution in [2.75, 3.05) is 20.2 Å². The molecule has 1 rings (SSSR count). The summed E-state index contributed by atoms with van der Waals surface area (Å²) in [6, 6.07) is 3.70. The highest BCUT2D eigenvalue weighted by Crippen LogP contribution is 2.16. The Balaban J connectivity index is 0.00000576. The third-order valence-corrected chi connectivity index (χ3v) is 3.87. The largest absolute Gasteiger partial charge is 0.378 e. The molecule has 0 aliphatic carbocycles. The van der Waals surface area contributed by atoms with Crippen molar-refractivity contribution in [3.63, 3.8) is 0 Å². The summed E-state index contributed by atoms with van der Waals surface area (Å²) in [5.74, 6) is -0.626. The van der Waals surface area contributed by atoms with Crippen LogP contribution < -0.4 is 10.6 Å². The van der Waals surface area contributed by atoms with E-state index in [4.69, 9.17) is 4.74 Å². The smallest absolute Gasteiger partial charge is 0.191 e. The van der Waals surface area contributed by atoms with Crippen LogP contribution in [-0.2, 0) is 4.74 Å². The molecule has 0 spiro atoms. The second-order valence-corrected chi connectivity index (χ2v) is 6.07. The molecule has 144 valence electrons. The minimum absolute atomic E-state index is 0. The fraction of sp³-hybridized carbons (Fsp3) is 0.611. The van der Waals surface area contributed by atoms with Gasteiger partial charge in [0.05, 0.1) is 12.1 Å². The molecule has 0 fully saturated rings. The van der Waals surface area contributed by atoms with Crippen LogP contribution in [-0.4, -0.2) is 32.3 Å². The summed E-state index contributed by atoms with van der Waals surface area (Å²) >= 11 is 0. The van der Waals surface area contributed by atoms with Crippen LogP contribution in [0.2, 0.25) is 0 Å². The van der Waals surface area contributed by atoms with Gasteiger partial charge < -0.3 is 15.4 Å². The summed E-state index contributed by atoms with van der Waals surface area (Å²) in [6.45, 7) is 9.55. The molecular formula is C18H30F2IN3O. The van der Waals surface area contributed by atoms with Crippen LogP contribution in [0, 0.1) is 17.6 Å². The number of rotatable bonds is 8. The van der Waals surface area contributed by atoms with E-state index in [0.717, 1.165) is 12.5 Å². The number of hydrogen-bond acceptors (Lipinski definition) is 2. The highest BCUT2D eigenvalue weighted by molar-refractivity contribution is 14.0. The number of hydrogen-bond donors (Lipinski definition) is 2. The average molecular weight is 469 g/mol. The van der Waals surface area contributed by atoms with Gasteiger partial charge in [-0.2, -0.15) is 0 Å². The van der Waals surface area contributed by atoms with Crippen molar-refractivity contribution >= 4 is 29.9 Å². The van der Waals surface area contributed by atoms with Gasteiger partial charge in [-0.25, -0.2) is 8.78 Å². The Morgan fingerprint density at radius 3 is 2.40 bits per heavy atom. The van der Waals surface area contributed by atoms with E-state index in [0.29, 0.717) is 30.6 Å². The Labute approximate surface area is 166 Å². The number of benzene rings is 1. The molecule has 1 aromatic rings. The van der Waals surface area contributed by atoms with Crippen LogP contribution in [0.4, 0.5) is 8.78 Å². The van der Waals surface area contributed by atoms with Crippen LogP contribution in [0.1, 0.15) is 45.7 Å². The summed E-state index contributed by atoms with van der Waals surface area (Å²) in [5, 5.41) is 6.40. The predicted octanol–water partition coefficient (Wildman–Crippen LogP) is 4.26. The Morgan fingerprint density at radius 1 is 1.20 bits per heavy atom. The van der Waals surface area contributed by atoms with Gasteiger partial charge in [0.25, 0.3) is 0 Å². The molecule has 0 radical (unpaired) electrons. The third-order valence-electron chi connectivity index (χ3n) is 3.87. The van der Waals surface area contributed by atoms with Gasteiger partial charge in [-0.3, -0.25) is 4.99 Å². The monoisotopic (exact) mass is 469 g/mol. The van der Waals surface area contributed by atoms with Crippen molar-refractivity contribution in [3.05, 3.63) is 35.4 Å². The zero-order valence-corrected chi connectivity index (χ0v) is 17.9. The van der Waals surface area contributed by atoms with Crippen molar-refractivity contribution in [1.29, 1.82) is 0 Å². The maximum Gasteiger partial charge on any atom is 0.191 e. The normalized spacial score (nSPS) is 14.0. The summed E-state index contributed by atoms with van der Waals surface area (Å²) in [4.78, 5) is 4.17.